The van der Waals surface area contributed by atoms with Gasteiger partial charge in [0.25, 0.3) is 15.9 Å². The Morgan fingerprint density at radius 3 is 2.42 bits per heavy atom. The molecule has 0 aliphatic carbocycles. The molecule has 0 bridgehead atoms. The van der Waals surface area contributed by atoms with Crippen molar-refractivity contribution in [3.63, 3.8) is 0 Å². The van der Waals surface area contributed by atoms with E-state index in [1.165, 1.54) is 24.5 Å². The van der Waals surface area contributed by atoms with E-state index in [1.54, 1.807) is 11.0 Å². The molecule has 3 aromatic carbocycles. The van der Waals surface area contributed by atoms with E-state index < -0.39 is 21.7 Å². The van der Waals surface area contributed by atoms with Crippen LogP contribution in [0, 0.1) is 5.82 Å². The summed E-state index contributed by atoms with van der Waals surface area (Å²) in [7, 11) is -4.02. The number of carbonyl (C=O) groups is 1. The molecule has 0 unspecified atom stereocenters. The van der Waals surface area contributed by atoms with E-state index in [-0.39, 0.29) is 27.7 Å². The Bertz CT molecular complexity index is 1380. The summed E-state index contributed by atoms with van der Waals surface area (Å²) in [6.07, 6.45) is 3.02. The zero-order valence-electron chi connectivity index (χ0n) is 16.9. The van der Waals surface area contributed by atoms with E-state index in [0.717, 1.165) is 35.5 Å². The summed E-state index contributed by atoms with van der Waals surface area (Å²) in [6, 6.07) is 16.0. The second kappa shape index (κ2) is 9.39. The van der Waals surface area contributed by atoms with Crippen LogP contribution in [0.2, 0.25) is 5.02 Å². The molecule has 0 saturated carbocycles. The second-order valence-corrected chi connectivity index (χ2v) is 9.03. The van der Waals surface area contributed by atoms with Crippen molar-refractivity contribution >= 4 is 33.2 Å². The first kappa shape index (κ1) is 22.4. The molecule has 1 amide bonds. The predicted molar refractivity (Wildman–Crippen MR) is 121 cm³/mol. The van der Waals surface area contributed by atoms with Crippen LogP contribution >= 0.6 is 11.6 Å². The molecule has 0 fully saturated rings. The van der Waals surface area contributed by atoms with Gasteiger partial charge in [-0.15, -0.1) is 0 Å². The molecular weight excluding hydrogens is 469 g/mol. The molecule has 4 rings (SSSR count). The quantitative estimate of drug-likeness (QED) is 0.414. The molecule has 8 nitrogen and oxygen atoms in total. The lowest BCUT2D eigenvalue weighted by Crippen LogP contribution is -2.23. The third kappa shape index (κ3) is 5.36. The predicted octanol–water partition coefficient (Wildman–Crippen LogP) is 3.79. The van der Waals surface area contributed by atoms with Gasteiger partial charge in [-0.1, -0.05) is 23.7 Å². The van der Waals surface area contributed by atoms with Crippen LogP contribution in [0.25, 0.3) is 5.69 Å². The van der Waals surface area contributed by atoms with Crippen molar-refractivity contribution < 1.29 is 17.6 Å². The smallest absolute Gasteiger partial charge is 0.261 e. The summed E-state index contributed by atoms with van der Waals surface area (Å²) in [5, 5.41) is 6.95. The lowest BCUT2D eigenvalue weighted by atomic mass is 10.1. The number of nitrogens with one attached hydrogen (secondary N) is 2. The highest BCUT2D eigenvalue weighted by atomic mass is 35.5. The Balaban J connectivity index is 1.44. The maximum absolute atomic E-state index is 13.1. The van der Waals surface area contributed by atoms with E-state index in [9.17, 15) is 17.6 Å². The highest BCUT2D eigenvalue weighted by Crippen LogP contribution is 2.26. The standard InChI is InChI=1S/C22H17ClFN5O3S/c23-20-10-3-16(11-21(20)28-33(31,32)19-8-4-17(24)5-9-19)22(30)26-12-15-1-6-18(7-2-15)29-14-25-13-27-29/h1-11,13-14,28H,12H2,(H,26,30). The van der Waals surface area contributed by atoms with Gasteiger partial charge in [-0.25, -0.2) is 22.5 Å². The molecule has 1 heterocycles. The topological polar surface area (TPSA) is 106 Å². The third-order valence-corrected chi connectivity index (χ3v) is 6.38. The van der Waals surface area contributed by atoms with Crippen LogP contribution in [-0.2, 0) is 16.6 Å². The van der Waals surface area contributed by atoms with Crippen LogP contribution in [0.5, 0.6) is 0 Å². The summed E-state index contributed by atoms with van der Waals surface area (Å²) < 4.78 is 42.2. The number of nitrogens with zero attached hydrogens (tertiary/aromatic N) is 3. The Kier molecular flexibility index (Phi) is 6.38. The molecule has 2 N–H and O–H groups in total. The van der Waals surface area contributed by atoms with Crippen molar-refractivity contribution in [2.24, 2.45) is 0 Å². The number of sulfonamides is 1. The first-order chi connectivity index (χ1) is 15.8. The van der Waals surface area contributed by atoms with Crippen molar-refractivity contribution in [1.29, 1.82) is 0 Å². The normalized spacial score (nSPS) is 11.2. The fourth-order valence-corrected chi connectivity index (χ4v) is 4.25. The van der Waals surface area contributed by atoms with E-state index in [2.05, 4.69) is 20.1 Å². The van der Waals surface area contributed by atoms with Crippen molar-refractivity contribution in [3.8, 4) is 5.69 Å². The average Bonchev–Trinajstić information content (AvgIpc) is 3.34. The van der Waals surface area contributed by atoms with Crippen LogP contribution in [0.3, 0.4) is 0 Å². The number of rotatable bonds is 7. The van der Waals surface area contributed by atoms with Crippen LogP contribution in [-0.4, -0.2) is 29.1 Å². The lowest BCUT2D eigenvalue weighted by molar-refractivity contribution is 0.0951. The number of benzene rings is 3. The average molecular weight is 486 g/mol. The number of amides is 1. The van der Waals surface area contributed by atoms with Gasteiger partial charge in [0.2, 0.25) is 0 Å². The van der Waals surface area contributed by atoms with E-state index in [1.807, 2.05) is 24.3 Å². The second-order valence-electron chi connectivity index (χ2n) is 6.94. The number of halogens is 2. The first-order valence-corrected chi connectivity index (χ1v) is 11.5. The van der Waals surface area contributed by atoms with E-state index >= 15 is 0 Å². The number of anilines is 1. The molecule has 4 aromatic rings. The summed E-state index contributed by atoms with van der Waals surface area (Å²) >= 11 is 6.12. The lowest BCUT2D eigenvalue weighted by Gasteiger charge is -2.12. The Hall–Kier alpha value is -3.76. The van der Waals surface area contributed by atoms with Crippen LogP contribution in [0.15, 0.2) is 84.3 Å². The SMILES string of the molecule is O=C(NCc1ccc(-n2cncn2)cc1)c1ccc(Cl)c(NS(=O)(=O)c2ccc(F)cc2)c1. The van der Waals surface area contributed by atoms with Gasteiger partial charge in [0.05, 0.1) is 21.3 Å². The largest absolute Gasteiger partial charge is 0.348 e. The molecule has 0 aliphatic heterocycles. The fourth-order valence-electron chi connectivity index (χ4n) is 2.95. The molecule has 0 atom stereocenters. The number of carbonyl (C=O) groups excluding carboxylic acids is 1. The molecule has 1 aromatic heterocycles. The Morgan fingerprint density at radius 2 is 1.76 bits per heavy atom. The maximum Gasteiger partial charge on any atom is 0.261 e. The number of hydrogen-bond acceptors (Lipinski definition) is 5. The fraction of sp³-hybridized carbons (Fsp3) is 0.0455. The zero-order chi connectivity index (χ0) is 23.4. The molecule has 0 radical (unpaired) electrons. The number of aromatic nitrogens is 3. The van der Waals surface area contributed by atoms with Gasteiger partial charge >= 0.3 is 0 Å². The molecule has 0 aliphatic rings. The zero-order valence-corrected chi connectivity index (χ0v) is 18.5. The molecule has 0 spiro atoms. The maximum atomic E-state index is 13.1. The summed E-state index contributed by atoms with van der Waals surface area (Å²) in [5.74, 6) is -0.965. The summed E-state index contributed by atoms with van der Waals surface area (Å²) in [6.45, 7) is 0.260. The third-order valence-electron chi connectivity index (χ3n) is 4.67. The highest BCUT2D eigenvalue weighted by Gasteiger charge is 2.17. The van der Waals surface area contributed by atoms with Gasteiger partial charge in [0, 0.05) is 12.1 Å². The Morgan fingerprint density at radius 1 is 1.03 bits per heavy atom. The summed E-state index contributed by atoms with van der Waals surface area (Å²) in [4.78, 5) is 16.4. The minimum Gasteiger partial charge on any atom is -0.348 e. The van der Waals surface area contributed by atoms with Gasteiger partial charge in [-0.05, 0) is 60.2 Å². The van der Waals surface area contributed by atoms with Gasteiger partial charge < -0.3 is 5.32 Å². The first-order valence-electron chi connectivity index (χ1n) is 9.62. The minimum absolute atomic E-state index is 0.0332. The molecule has 168 valence electrons. The van der Waals surface area contributed by atoms with Gasteiger partial charge in [-0.2, -0.15) is 5.10 Å². The van der Waals surface area contributed by atoms with Crippen molar-refractivity contribution in [1.82, 2.24) is 20.1 Å². The number of hydrogen-bond donors (Lipinski definition) is 2. The van der Waals surface area contributed by atoms with Crippen LogP contribution < -0.4 is 10.0 Å². The van der Waals surface area contributed by atoms with Crippen molar-refractivity contribution in [3.05, 3.63) is 101 Å². The van der Waals surface area contributed by atoms with E-state index in [0.29, 0.717) is 0 Å². The minimum atomic E-state index is -4.02. The Labute approximate surface area is 194 Å². The van der Waals surface area contributed by atoms with Crippen LogP contribution in [0.4, 0.5) is 10.1 Å². The van der Waals surface area contributed by atoms with Gasteiger partial charge in [0.1, 0.15) is 18.5 Å². The summed E-state index contributed by atoms with van der Waals surface area (Å²) in [5.41, 5.74) is 1.94. The monoisotopic (exact) mass is 485 g/mol. The van der Waals surface area contributed by atoms with Gasteiger partial charge in [0.15, 0.2) is 0 Å². The van der Waals surface area contributed by atoms with Crippen molar-refractivity contribution in [2.75, 3.05) is 4.72 Å². The molecule has 33 heavy (non-hydrogen) atoms. The molecular formula is C22H17ClFN5O3S. The van der Waals surface area contributed by atoms with Crippen LogP contribution in [0.1, 0.15) is 15.9 Å². The highest BCUT2D eigenvalue weighted by molar-refractivity contribution is 7.92. The van der Waals surface area contributed by atoms with E-state index in [4.69, 9.17) is 11.6 Å². The molecule has 11 heteroatoms. The van der Waals surface area contributed by atoms with Gasteiger partial charge in [-0.3, -0.25) is 9.52 Å². The van der Waals surface area contributed by atoms with Crippen molar-refractivity contribution in [2.45, 2.75) is 11.4 Å². The molecule has 0 saturated heterocycles.